The lowest BCUT2D eigenvalue weighted by molar-refractivity contribution is 0.111. The van der Waals surface area contributed by atoms with E-state index in [0.29, 0.717) is 19.6 Å². The van der Waals surface area contributed by atoms with E-state index in [1.54, 1.807) is 0 Å². The third-order valence-corrected chi connectivity index (χ3v) is 3.12. The highest BCUT2D eigenvalue weighted by atomic mass is 16.5. The molecule has 3 N–H and O–H groups in total. The van der Waals surface area contributed by atoms with Crippen LogP contribution in [0.2, 0.25) is 0 Å². The summed E-state index contributed by atoms with van der Waals surface area (Å²) in [7, 11) is 0. The molecule has 0 aromatic heterocycles. The fourth-order valence-electron chi connectivity index (χ4n) is 1.82. The molecule has 0 radical (unpaired) electrons. The van der Waals surface area contributed by atoms with Crippen LogP contribution in [-0.2, 0) is 11.3 Å². The average Bonchev–Trinajstić information content (AvgIpc) is 3.24. The van der Waals surface area contributed by atoms with E-state index in [2.05, 4.69) is 10.6 Å². The fraction of sp³-hybridized carbons (Fsp3) is 0.533. The molecule has 0 saturated heterocycles. The molecule has 1 aromatic carbocycles. The molecular weight excluding hydrogens is 256 g/mol. The number of carbonyl (C=O) groups excluding carboxylic acids is 1. The van der Waals surface area contributed by atoms with Gasteiger partial charge >= 0.3 is 6.03 Å². The molecule has 1 fully saturated rings. The van der Waals surface area contributed by atoms with Crippen LogP contribution in [0.25, 0.3) is 0 Å². The van der Waals surface area contributed by atoms with E-state index in [-0.39, 0.29) is 12.6 Å². The van der Waals surface area contributed by atoms with Crippen LogP contribution in [0.15, 0.2) is 24.3 Å². The highest BCUT2D eigenvalue weighted by Crippen LogP contribution is 2.29. The average molecular weight is 278 g/mol. The van der Waals surface area contributed by atoms with Crippen molar-refractivity contribution in [2.24, 2.45) is 5.92 Å². The third-order valence-electron chi connectivity index (χ3n) is 3.12. The number of aliphatic hydroxyl groups is 1. The van der Waals surface area contributed by atoms with Crippen molar-refractivity contribution in [3.63, 3.8) is 0 Å². The summed E-state index contributed by atoms with van der Waals surface area (Å²) in [4.78, 5) is 11.6. The molecule has 1 saturated carbocycles. The molecule has 20 heavy (non-hydrogen) atoms. The van der Waals surface area contributed by atoms with Gasteiger partial charge in [-0.05, 0) is 42.9 Å². The summed E-state index contributed by atoms with van der Waals surface area (Å²) < 4.78 is 5.63. The van der Waals surface area contributed by atoms with E-state index >= 15 is 0 Å². The maximum Gasteiger partial charge on any atom is 0.319 e. The van der Waals surface area contributed by atoms with Crippen LogP contribution in [0.5, 0.6) is 0 Å². The number of anilines is 1. The first-order valence-corrected chi connectivity index (χ1v) is 7.10. The molecule has 0 aliphatic heterocycles. The van der Waals surface area contributed by atoms with Crippen molar-refractivity contribution in [2.45, 2.75) is 25.9 Å². The molecule has 2 amide bonds. The molecule has 1 aromatic rings. The van der Waals surface area contributed by atoms with Crippen molar-refractivity contribution in [1.82, 2.24) is 5.32 Å². The Labute approximate surface area is 119 Å². The van der Waals surface area contributed by atoms with Crippen LogP contribution < -0.4 is 10.6 Å². The second-order valence-corrected chi connectivity index (χ2v) is 5.12. The van der Waals surface area contributed by atoms with Crippen LogP contribution in [0.1, 0.15) is 24.8 Å². The first-order valence-electron chi connectivity index (χ1n) is 7.10. The number of amides is 2. The second kappa shape index (κ2) is 7.87. The van der Waals surface area contributed by atoms with Crippen molar-refractivity contribution in [2.75, 3.05) is 25.1 Å². The van der Waals surface area contributed by atoms with Crippen molar-refractivity contribution in [3.05, 3.63) is 29.8 Å². The van der Waals surface area contributed by atoms with E-state index in [4.69, 9.17) is 9.84 Å². The largest absolute Gasteiger partial charge is 0.396 e. The van der Waals surface area contributed by atoms with Gasteiger partial charge in [0.2, 0.25) is 0 Å². The Balaban J connectivity index is 1.74. The summed E-state index contributed by atoms with van der Waals surface area (Å²) in [5.41, 5.74) is 1.80. The quantitative estimate of drug-likeness (QED) is 0.638. The van der Waals surface area contributed by atoms with Gasteiger partial charge in [-0.15, -0.1) is 0 Å². The number of nitrogens with one attached hydrogen (secondary N) is 2. The second-order valence-electron chi connectivity index (χ2n) is 5.12. The minimum absolute atomic E-state index is 0.0775. The van der Waals surface area contributed by atoms with E-state index in [1.165, 1.54) is 12.8 Å². The number of hydrogen-bond acceptors (Lipinski definition) is 3. The van der Waals surface area contributed by atoms with Gasteiger partial charge in [0.1, 0.15) is 0 Å². The molecule has 0 atom stereocenters. The fourth-order valence-corrected chi connectivity index (χ4v) is 1.82. The van der Waals surface area contributed by atoms with Crippen LogP contribution in [0, 0.1) is 5.92 Å². The van der Waals surface area contributed by atoms with Gasteiger partial charge in [-0.25, -0.2) is 4.79 Å². The number of aliphatic hydroxyl groups excluding tert-OH is 1. The summed E-state index contributed by atoms with van der Waals surface area (Å²) in [6.07, 6.45) is 3.13. The predicted octanol–water partition coefficient (Wildman–Crippen LogP) is 2.12. The standard InChI is InChI=1S/C15H22N2O3/c18-8-2-7-16-15(19)17-14-4-1-3-13(9-14)11-20-10-12-5-6-12/h1,3-4,9,12,18H,2,5-8,10-11H2,(H2,16,17,19). The smallest absolute Gasteiger partial charge is 0.319 e. The zero-order chi connectivity index (χ0) is 14.2. The Morgan fingerprint density at radius 2 is 2.25 bits per heavy atom. The number of ether oxygens (including phenoxy) is 1. The SMILES string of the molecule is O=C(NCCCO)Nc1cccc(COCC2CC2)c1. The van der Waals surface area contributed by atoms with Gasteiger partial charge in [-0.2, -0.15) is 0 Å². The lowest BCUT2D eigenvalue weighted by Gasteiger charge is -2.09. The summed E-state index contributed by atoms with van der Waals surface area (Å²) in [5.74, 6) is 0.758. The van der Waals surface area contributed by atoms with Gasteiger partial charge < -0.3 is 20.5 Å². The van der Waals surface area contributed by atoms with E-state index in [1.807, 2.05) is 24.3 Å². The molecule has 5 heteroatoms. The zero-order valence-electron chi connectivity index (χ0n) is 11.6. The van der Waals surface area contributed by atoms with Gasteiger partial charge in [-0.1, -0.05) is 12.1 Å². The predicted molar refractivity (Wildman–Crippen MR) is 77.5 cm³/mol. The molecular formula is C15H22N2O3. The maximum atomic E-state index is 11.6. The molecule has 1 aliphatic carbocycles. The van der Waals surface area contributed by atoms with Gasteiger partial charge in [0.15, 0.2) is 0 Å². The summed E-state index contributed by atoms with van der Waals surface area (Å²) in [6, 6.07) is 7.39. The normalized spacial score (nSPS) is 14.1. The summed E-state index contributed by atoms with van der Waals surface area (Å²) in [5, 5.41) is 14.1. The molecule has 2 rings (SSSR count). The van der Waals surface area contributed by atoms with Gasteiger partial charge in [0, 0.05) is 25.4 Å². The minimum atomic E-state index is -0.255. The minimum Gasteiger partial charge on any atom is -0.396 e. The monoisotopic (exact) mass is 278 g/mol. The lowest BCUT2D eigenvalue weighted by atomic mass is 10.2. The molecule has 0 bridgehead atoms. The first-order chi connectivity index (χ1) is 9.78. The number of rotatable bonds is 8. The highest BCUT2D eigenvalue weighted by molar-refractivity contribution is 5.89. The molecule has 0 heterocycles. The molecule has 0 spiro atoms. The van der Waals surface area contributed by atoms with Gasteiger partial charge in [0.05, 0.1) is 6.61 Å². The maximum absolute atomic E-state index is 11.6. The summed E-state index contributed by atoms with van der Waals surface area (Å²) >= 11 is 0. The topological polar surface area (TPSA) is 70.6 Å². The van der Waals surface area contributed by atoms with Crippen molar-refractivity contribution in [3.8, 4) is 0 Å². The number of carbonyl (C=O) groups is 1. The van der Waals surface area contributed by atoms with Crippen LogP contribution >= 0.6 is 0 Å². The number of urea groups is 1. The number of hydrogen-bond donors (Lipinski definition) is 3. The van der Waals surface area contributed by atoms with Crippen LogP contribution in [0.3, 0.4) is 0 Å². The van der Waals surface area contributed by atoms with Crippen molar-refractivity contribution >= 4 is 11.7 Å². The first kappa shape index (κ1) is 14.8. The van der Waals surface area contributed by atoms with E-state index < -0.39 is 0 Å². The molecule has 0 unspecified atom stereocenters. The Morgan fingerprint density at radius 3 is 3.00 bits per heavy atom. The Morgan fingerprint density at radius 1 is 1.40 bits per heavy atom. The molecule has 5 nitrogen and oxygen atoms in total. The molecule has 1 aliphatic rings. The lowest BCUT2D eigenvalue weighted by Crippen LogP contribution is -2.29. The van der Waals surface area contributed by atoms with Crippen LogP contribution in [0.4, 0.5) is 10.5 Å². The van der Waals surface area contributed by atoms with Gasteiger partial charge in [0.25, 0.3) is 0 Å². The Kier molecular flexibility index (Phi) is 5.83. The Hall–Kier alpha value is -1.59. The van der Waals surface area contributed by atoms with E-state index in [0.717, 1.165) is 23.8 Å². The van der Waals surface area contributed by atoms with Gasteiger partial charge in [-0.3, -0.25) is 0 Å². The third kappa shape index (κ3) is 5.59. The zero-order valence-corrected chi connectivity index (χ0v) is 11.6. The molecule has 110 valence electrons. The van der Waals surface area contributed by atoms with Crippen LogP contribution in [-0.4, -0.2) is 30.9 Å². The number of benzene rings is 1. The highest BCUT2D eigenvalue weighted by Gasteiger charge is 2.20. The van der Waals surface area contributed by atoms with Crippen molar-refractivity contribution < 1.29 is 14.6 Å². The van der Waals surface area contributed by atoms with Crippen molar-refractivity contribution in [1.29, 1.82) is 0 Å². The van der Waals surface area contributed by atoms with E-state index in [9.17, 15) is 4.79 Å². The summed E-state index contributed by atoms with van der Waals surface area (Å²) in [6.45, 7) is 1.96. The Bertz CT molecular complexity index is 433.